The van der Waals surface area contributed by atoms with Crippen LogP contribution in [0.25, 0.3) is 44.5 Å². The summed E-state index contributed by atoms with van der Waals surface area (Å²) in [6.45, 7) is 2.17. The van der Waals surface area contributed by atoms with Gasteiger partial charge in [-0.1, -0.05) is 91.0 Å². The molecule has 3 heterocycles. The highest BCUT2D eigenvalue weighted by Crippen LogP contribution is 2.47. The summed E-state index contributed by atoms with van der Waals surface area (Å²) in [5.41, 5.74) is 16.3. The van der Waals surface area contributed by atoms with E-state index in [1.807, 2.05) is 13.1 Å². The molecule has 0 amide bonds. The van der Waals surface area contributed by atoms with Crippen molar-refractivity contribution in [2.45, 2.75) is 6.92 Å². The average Bonchev–Trinajstić information content (AvgIpc) is 3.01. The van der Waals surface area contributed by atoms with Crippen molar-refractivity contribution < 1.29 is 0 Å². The van der Waals surface area contributed by atoms with E-state index in [4.69, 9.17) is 0 Å². The van der Waals surface area contributed by atoms with Gasteiger partial charge in [0.15, 0.2) is 0 Å². The number of benzene rings is 5. The summed E-state index contributed by atoms with van der Waals surface area (Å²) in [6, 6.07) is 46.7. The zero-order chi connectivity index (χ0) is 25.9. The fraction of sp³-hybridized carbons (Fsp3) is 0.0278. The lowest BCUT2D eigenvalue weighted by Gasteiger charge is -2.43. The monoisotopic (exact) mass is 496 g/mol. The Hall–Kier alpha value is -4.89. The molecular weight excluding hydrogens is 471 g/mol. The number of rotatable bonds is 2. The molecule has 0 spiro atoms. The standard InChI is InChI=1S/C36H25BN2/c1-24-21-28(19-20-38-24)27-16-18-36-32(23-27)30-12-6-8-14-34(30)37-33-13-7-5-11-29(33)31-22-26(15-17-35(31)39(36)37)25-9-3-2-4-10-25/h2-23H,1H3. The molecule has 0 atom stereocenters. The predicted molar refractivity (Wildman–Crippen MR) is 164 cm³/mol. The second-order valence-corrected chi connectivity index (χ2v) is 10.5. The average molecular weight is 496 g/mol. The second-order valence-electron chi connectivity index (χ2n) is 10.5. The van der Waals surface area contributed by atoms with E-state index in [1.165, 1.54) is 66.8 Å². The van der Waals surface area contributed by atoms with Crippen LogP contribution >= 0.6 is 0 Å². The van der Waals surface area contributed by atoms with Crippen LogP contribution in [0.1, 0.15) is 5.69 Å². The van der Waals surface area contributed by atoms with E-state index in [0.717, 1.165) is 5.69 Å². The predicted octanol–water partition coefficient (Wildman–Crippen LogP) is 7.63. The van der Waals surface area contributed by atoms with E-state index >= 15 is 0 Å². The zero-order valence-electron chi connectivity index (χ0n) is 21.7. The Bertz CT molecular complexity index is 1890. The molecule has 0 saturated heterocycles. The maximum absolute atomic E-state index is 4.41. The van der Waals surface area contributed by atoms with E-state index in [2.05, 4.69) is 137 Å². The maximum atomic E-state index is 4.41. The molecule has 0 fully saturated rings. The number of hydrogen-bond donors (Lipinski definition) is 0. The lowest BCUT2D eigenvalue weighted by atomic mass is 9.43. The topological polar surface area (TPSA) is 16.1 Å². The highest BCUT2D eigenvalue weighted by atomic mass is 15.1. The van der Waals surface area contributed by atoms with Crippen molar-refractivity contribution in [3.05, 3.63) is 139 Å². The van der Waals surface area contributed by atoms with Gasteiger partial charge in [-0.25, -0.2) is 0 Å². The molecular formula is C36H25BN2. The minimum absolute atomic E-state index is 0.119. The van der Waals surface area contributed by atoms with Crippen LogP contribution in [0.2, 0.25) is 0 Å². The van der Waals surface area contributed by atoms with Crippen molar-refractivity contribution in [1.29, 1.82) is 0 Å². The van der Waals surface area contributed by atoms with Gasteiger partial charge in [0.05, 0.1) is 0 Å². The molecule has 2 nitrogen and oxygen atoms in total. The lowest BCUT2D eigenvalue weighted by Crippen LogP contribution is -2.59. The molecule has 0 bridgehead atoms. The number of aromatic nitrogens is 1. The third-order valence-electron chi connectivity index (χ3n) is 8.20. The first-order valence-electron chi connectivity index (χ1n) is 13.5. The fourth-order valence-corrected chi connectivity index (χ4v) is 6.45. The molecule has 0 unspecified atom stereocenters. The van der Waals surface area contributed by atoms with E-state index < -0.39 is 0 Å². The third-order valence-corrected chi connectivity index (χ3v) is 8.20. The van der Waals surface area contributed by atoms with Gasteiger partial charge in [-0.3, -0.25) is 4.98 Å². The van der Waals surface area contributed by atoms with Gasteiger partial charge in [0.2, 0.25) is 0 Å². The van der Waals surface area contributed by atoms with Gasteiger partial charge < -0.3 is 4.81 Å². The van der Waals surface area contributed by atoms with Crippen LogP contribution in [0, 0.1) is 6.92 Å². The number of pyridine rings is 1. The molecule has 0 radical (unpaired) electrons. The summed E-state index contributed by atoms with van der Waals surface area (Å²) >= 11 is 0. The number of aryl methyl sites for hydroxylation is 1. The summed E-state index contributed by atoms with van der Waals surface area (Å²) in [6.07, 6.45) is 1.90. The molecule has 6 aromatic rings. The first-order valence-corrected chi connectivity index (χ1v) is 13.5. The number of hydrogen-bond acceptors (Lipinski definition) is 2. The van der Waals surface area contributed by atoms with E-state index in [-0.39, 0.29) is 6.85 Å². The minimum atomic E-state index is 0.119. The van der Waals surface area contributed by atoms with Crippen molar-refractivity contribution >= 4 is 29.1 Å². The number of anilines is 2. The van der Waals surface area contributed by atoms with E-state index in [0.29, 0.717) is 0 Å². The van der Waals surface area contributed by atoms with Crippen LogP contribution in [0.4, 0.5) is 11.4 Å². The van der Waals surface area contributed by atoms with Crippen molar-refractivity contribution in [1.82, 2.24) is 4.98 Å². The molecule has 8 rings (SSSR count). The Morgan fingerprint density at radius 1 is 0.487 bits per heavy atom. The van der Waals surface area contributed by atoms with E-state index in [9.17, 15) is 0 Å². The van der Waals surface area contributed by atoms with Crippen molar-refractivity contribution in [3.63, 3.8) is 0 Å². The molecule has 2 aliphatic heterocycles. The SMILES string of the molecule is Cc1cc(-c2ccc3c(c2)-c2ccccc2B2c4ccccc4-c4cc(-c5ccccc5)ccc4N23)ccn1. The van der Waals surface area contributed by atoms with Gasteiger partial charge in [0, 0.05) is 34.4 Å². The first kappa shape index (κ1) is 22.1. The smallest absolute Gasteiger partial charge is 0.329 e. The van der Waals surface area contributed by atoms with Crippen LogP contribution in [-0.2, 0) is 0 Å². The Kier molecular flexibility index (Phi) is 4.87. The highest BCUT2D eigenvalue weighted by molar-refractivity contribution is 6.92. The summed E-state index contributed by atoms with van der Waals surface area (Å²) in [5, 5.41) is 0. The molecule has 0 saturated carbocycles. The van der Waals surface area contributed by atoms with Gasteiger partial charge in [-0.2, -0.15) is 0 Å². The molecule has 0 aliphatic carbocycles. The Morgan fingerprint density at radius 3 is 1.64 bits per heavy atom. The van der Waals surface area contributed by atoms with E-state index in [1.54, 1.807) is 0 Å². The Labute approximate surface area is 229 Å². The quantitative estimate of drug-likeness (QED) is 0.229. The van der Waals surface area contributed by atoms with Crippen LogP contribution in [0.3, 0.4) is 0 Å². The van der Waals surface area contributed by atoms with Gasteiger partial charge in [0.25, 0.3) is 0 Å². The van der Waals surface area contributed by atoms with Gasteiger partial charge >= 0.3 is 6.85 Å². The highest BCUT2D eigenvalue weighted by Gasteiger charge is 2.42. The Balaban J connectivity index is 1.39. The van der Waals surface area contributed by atoms with Crippen molar-refractivity contribution in [3.8, 4) is 44.5 Å². The molecule has 0 N–H and O–H groups in total. The molecule has 2 aliphatic rings. The summed E-state index contributed by atoms with van der Waals surface area (Å²) in [4.78, 5) is 6.97. The van der Waals surface area contributed by atoms with Crippen LogP contribution < -0.4 is 15.7 Å². The van der Waals surface area contributed by atoms with Gasteiger partial charge in [-0.05, 0) is 87.6 Å². The van der Waals surface area contributed by atoms with Crippen LogP contribution in [-0.4, -0.2) is 11.8 Å². The normalized spacial score (nSPS) is 12.6. The van der Waals surface area contributed by atoms with Crippen LogP contribution in [0.5, 0.6) is 0 Å². The molecule has 182 valence electrons. The third kappa shape index (κ3) is 3.40. The molecule has 1 aromatic heterocycles. The molecule has 5 aromatic carbocycles. The summed E-state index contributed by atoms with van der Waals surface area (Å²) in [7, 11) is 0. The maximum Gasteiger partial charge on any atom is 0.329 e. The van der Waals surface area contributed by atoms with Gasteiger partial charge in [-0.15, -0.1) is 0 Å². The summed E-state index contributed by atoms with van der Waals surface area (Å²) in [5.74, 6) is 0. The number of fused-ring (bicyclic) bond motifs is 11. The van der Waals surface area contributed by atoms with Crippen molar-refractivity contribution in [2.24, 2.45) is 0 Å². The van der Waals surface area contributed by atoms with Gasteiger partial charge in [0.1, 0.15) is 0 Å². The first-order chi connectivity index (χ1) is 19.3. The fourth-order valence-electron chi connectivity index (χ4n) is 6.45. The van der Waals surface area contributed by atoms with Crippen molar-refractivity contribution in [2.75, 3.05) is 4.81 Å². The minimum Gasteiger partial charge on any atom is -0.376 e. The largest absolute Gasteiger partial charge is 0.376 e. The zero-order valence-corrected chi connectivity index (χ0v) is 21.7. The Morgan fingerprint density at radius 2 is 1.03 bits per heavy atom. The van der Waals surface area contributed by atoms with Crippen LogP contribution in [0.15, 0.2) is 134 Å². The molecule has 39 heavy (non-hydrogen) atoms. The summed E-state index contributed by atoms with van der Waals surface area (Å²) < 4.78 is 0. The number of nitrogens with zero attached hydrogens (tertiary/aromatic N) is 2. The second kappa shape index (κ2) is 8.57. The lowest BCUT2D eigenvalue weighted by molar-refractivity contribution is 1.20. The molecule has 3 heteroatoms.